The first-order chi connectivity index (χ1) is 25.6. The Kier molecular flexibility index (Phi) is 14.0. The first kappa shape index (κ1) is 42.0. The van der Waals surface area contributed by atoms with Crippen LogP contribution in [-0.2, 0) is 58.2 Å². The quantitative estimate of drug-likeness (QED) is 0.0867. The Labute approximate surface area is 313 Å². The molecule has 2 aromatic rings. The molecule has 0 radical (unpaired) electrons. The predicted molar refractivity (Wildman–Crippen MR) is 188 cm³/mol. The summed E-state index contributed by atoms with van der Waals surface area (Å²) >= 11 is 0. The number of esters is 2. The van der Waals surface area contributed by atoms with Crippen LogP contribution in [0.25, 0.3) is 0 Å². The molecular formula is C36H42N2O14S2. The number of nitrogens with zero attached hydrogens (tertiary/aromatic N) is 2. The molecule has 292 valence electrons. The van der Waals surface area contributed by atoms with Gasteiger partial charge in [0.2, 0.25) is 23.6 Å². The fraction of sp³-hybridized carbons (Fsp3) is 0.444. The van der Waals surface area contributed by atoms with Crippen molar-refractivity contribution in [3.63, 3.8) is 0 Å². The van der Waals surface area contributed by atoms with Crippen molar-refractivity contribution in [3.8, 4) is 0 Å². The number of hydrogen-bond donors (Lipinski definition) is 0. The molecular weight excluding hydrogens is 749 g/mol. The van der Waals surface area contributed by atoms with E-state index in [1.165, 1.54) is 38.5 Å². The number of carbonyl (C=O) groups is 6. The van der Waals surface area contributed by atoms with Gasteiger partial charge in [0.15, 0.2) is 0 Å². The highest BCUT2D eigenvalue weighted by atomic mass is 32.2. The number of hydrogen-bond acceptors (Lipinski definition) is 14. The van der Waals surface area contributed by atoms with Gasteiger partial charge in [0, 0.05) is 33.0 Å². The maximum absolute atomic E-state index is 13.8. The zero-order chi connectivity index (χ0) is 39.8. The van der Waals surface area contributed by atoms with Crippen molar-refractivity contribution in [2.75, 3.05) is 40.6 Å². The predicted octanol–water partition coefficient (Wildman–Crippen LogP) is 2.73. The van der Waals surface area contributed by atoms with Gasteiger partial charge >= 0.3 is 11.9 Å². The van der Waals surface area contributed by atoms with E-state index in [4.69, 9.17) is 18.9 Å². The number of benzene rings is 2. The summed E-state index contributed by atoms with van der Waals surface area (Å²) in [5.41, 5.74) is 0.0856. The molecule has 0 saturated carbocycles. The Morgan fingerprint density at radius 2 is 1.19 bits per heavy atom. The third-order valence-electron chi connectivity index (χ3n) is 9.27. The average Bonchev–Trinajstić information content (AvgIpc) is 3.61. The number of imide groups is 2. The van der Waals surface area contributed by atoms with Crippen LogP contribution in [0.4, 0.5) is 0 Å². The van der Waals surface area contributed by atoms with Crippen molar-refractivity contribution in [3.05, 3.63) is 72.3 Å². The van der Waals surface area contributed by atoms with E-state index in [9.17, 15) is 45.6 Å². The van der Waals surface area contributed by atoms with Crippen LogP contribution in [0.5, 0.6) is 0 Å². The number of rotatable bonds is 19. The lowest BCUT2D eigenvalue weighted by Crippen LogP contribution is -2.38. The molecule has 0 N–H and O–H groups in total. The molecule has 4 atom stereocenters. The van der Waals surface area contributed by atoms with Gasteiger partial charge in [-0.2, -0.15) is 8.61 Å². The van der Waals surface area contributed by atoms with Gasteiger partial charge in [0.1, 0.15) is 13.2 Å². The Balaban J connectivity index is 1.48. The Hall–Kier alpha value is -4.78. The molecule has 2 saturated heterocycles. The molecule has 4 amide bonds. The number of ether oxygens (including phenoxy) is 4. The second kappa shape index (κ2) is 18.0. The van der Waals surface area contributed by atoms with E-state index >= 15 is 0 Å². The molecule has 2 fully saturated rings. The molecule has 0 aliphatic carbocycles. The molecule has 2 heterocycles. The van der Waals surface area contributed by atoms with Gasteiger partial charge < -0.3 is 18.9 Å². The van der Waals surface area contributed by atoms with E-state index in [0.29, 0.717) is 6.42 Å². The van der Waals surface area contributed by atoms with Gasteiger partial charge in [-0.1, -0.05) is 13.0 Å². The van der Waals surface area contributed by atoms with E-state index in [-0.39, 0.29) is 64.9 Å². The third kappa shape index (κ3) is 9.11. The number of allylic oxidation sites excluding steroid dienone is 1. The lowest BCUT2D eigenvalue weighted by Gasteiger charge is -2.28. The first-order valence-electron chi connectivity index (χ1n) is 17.0. The van der Waals surface area contributed by atoms with Crippen molar-refractivity contribution in [1.29, 1.82) is 0 Å². The standard InChI is InChI=1S/C36H42N2O14S2/c1-5-6-23(2)29(30-22-32(40)38(34(30)42)54(47,48)28-14-9-25(10-15-28)36(44)52-20-18-50-4)16-11-26-21-31(39)37(33(26)41)53(45,46)27-12-7-24(8-13-27)35(43)51-19-17-49-3/h5,7-10,12-15,23,26,29-30H,1,6,11,16-22H2,2-4H3. The van der Waals surface area contributed by atoms with Crippen molar-refractivity contribution in [2.24, 2.45) is 23.7 Å². The van der Waals surface area contributed by atoms with Crippen molar-refractivity contribution >= 4 is 55.6 Å². The van der Waals surface area contributed by atoms with Gasteiger partial charge in [-0.25, -0.2) is 26.4 Å². The smallest absolute Gasteiger partial charge is 0.338 e. The highest BCUT2D eigenvalue weighted by Gasteiger charge is 2.51. The number of carbonyl (C=O) groups excluding carboxylic acids is 6. The SMILES string of the molecule is C=CCC(C)C(CCC1CC(=O)N(S(=O)(=O)c2ccc(C(=O)OCCOC)cc2)C1=O)C1CC(=O)N(S(=O)(=O)c2ccc(C(=O)OCCOC)cc2)C1=O. The topological polar surface area (TPSA) is 214 Å². The van der Waals surface area contributed by atoms with Crippen molar-refractivity contribution in [2.45, 2.75) is 48.8 Å². The summed E-state index contributed by atoms with van der Waals surface area (Å²) in [7, 11) is -6.46. The number of amides is 4. The molecule has 2 aliphatic rings. The summed E-state index contributed by atoms with van der Waals surface area (Å²) in [6.07, 6.45) is 1.12. The molecule has 16 nitrogen and oxygen atoms in total. The molecule has 0 bridgehead atoms. The summed E-state index contributed by atoms with van der Waals surface area (Å²) in [6.45, 7) is 5.80. The zero-order valence-electron chi connectivity index (χ0n) is 30.0. The lowest BCUT2D eigenvalue weighted by atomic mass is 9.76. The normalized spacial score (nSPS) is 18.9. The maximum Gasteiger partial charge on any atom is 0.338 e. The molecule has 54 heavy (non-hydrogen) atoms. The summed E-state index contributed by atoms with van der Waals surface area (Å²) in [5, 5.41) is 0. The largest absolute Gasteiger partial charge is 0.460 e. The molecule has 0 spiro atoms. The maximum atomic E-state index is 13.8. The van der Waals surface area contributed by atoms with Crippen molar-refractivity contribution < 1.29 is 64.6 Å². The molecule has 18 heteroatoms. The monoisotopic (exact) mass is 790 g/mol. The van der Waals surface area contributed by atoms with E-state index in [2.05, 4.69) is 6.58 Å². The van der Waals surface area contributed by atoms with Crippen LogP contribution in [0.2, 0.25) is 0 Å². The van der Waals surface area contributed by atoms with E-state index in [1.54, 1.807) is 13.0 Å². The minimum Gasteiger partial charge on any atom is -0.460 e. The van der Waals surface area contributed by atoms with Crippen LogP contribution in [0.15, 0.2) is 71.0 Å². The molecule has 0 aromatic heterocycles. The van der Waals surface area contributed by atoms with E-state index in [0.717, 1.165) is 24.3 Å². The zero-order valence-corrected chi connectivity index (χ0v) is 31.6. The van der Waals surface area contributed by atoms with Gasteiger partial charge in [-0.3, -0.25) is 19.2 Å². The summed E-state index contributed by atoms with van der Waals surface area (Å²) in [5.74, 6) is -8.47. The molecule has 4 unspecified atom stereocenters. The molecule has 4 rings (SSSR count). The number of methoxy groups -OCH3 is 2. The van der Waals surface area contributed by atoms with E-state index < -0.39 is 96.0 Å². The second-order valence-electron chi connectivity index (χ2n) is 12.8. The average molecular weight is 791 g/mol. The highest BCUT2D eigenvalue weighted by Crippen LogP contribution is 2.40. The van der Waals surface area contributed by atoms with Crippen LogP contribution >= 0.6 is 0 Å². The van der Waals surface area contributed by atoms with Crippen LogP contribution < -0.4 is 0 Å². The van der Waals surface area contributed by atoms with Gasteiger partial charge in [-0.05, 0) is 79.6 Å². The summed E-state index contributed by atoms with van der Waals surface area (Å²) in [6, 6.07) is 9.11. The summed E-state index contributed by atoms with van der Waals surface area (Å²) in [4.78, 5) is 77.0. The summed E-state index contributed by atoms with van der Waals surface area (Å²) < 4.78 is 74.1. The number of sulfonamides is 2. The third-order valence-corrected chi connectivity index (χ3v) is 12.7. The Morgan fingerprint density at radius 3 is 1.63 bits per heavy atom. The van der Waals surface area contributed by atoms with Gasteiger partial charge in [0.05, 0.1) is 40.0 Å². The minimum atomic E-state index is -4.68. The van der Waals surface area contributed by atoms with Crippen LogP contribution in [0.3, 0.4) is 0 Å². The van der Waals surface area contributed by atoms with Gasteiger partial charge in [0.25, 0.3) is 20.0 Å². The fourth-order valence-electron chi connectivity index (χ4n) is 6.42. The highest BCUT2D eigenvalue weighted by molar-refractivity contribution is 7.90. The second-order valence-corrected chi connectivity index (χ2v) is 16.3. The molecule has 2 aromatic carbocycles. The van der Waals surface area contributed by atoms with Crippen molar-refractivity contribution in [1.82, 2.24) is 8.61 Å². The fourth-order valence-corrected chi connectivity index (χ4v) is 9.24. The lowest BCUT2D eigenvalue weighted by molar-refractivity contribution is -0.135. The Bertz CT molecular complexity index is 1980. The van der Waals surface area contributed by atoms with Crippen LogP contribution in [0.1, 0.15) is 59.7 Å². The van der Waals surface area contributed by atoms with Crippen LogP contribution in [-0.4, -0.2) is 102 Å². The first-order valence-corrected chi connectivity index (χ1v) is 19.8. The molecule has 2 aliphatic heterocycles. The van der Waals surface area contributed by atoms with E-state index in [1.807, 2.05) is 0 Å². The minimum absolute atomic E-state index is 0.0190. The van der Waals surface area contributed by atoms with Gasteiger partial charge in [-0.15, -0.1) is 6.58 Å². The van der Waals surface area contributed by atoms with Crippen LogP contribution in [0, 0.1) is 23.7 Å². The Morgan fingerprint density at radius 1 is 0.741 bits per heavy atom.